The Balaban J connectivity index is 4.32. The van der Waals surface area contributed by atoms with Gasteiger partial charge in [-0.05, 0) is 26.3 Å². The minimum atomic E-state index is -0.740. The van der Waals surface area contributed by atoms with E-state index in [-0.39, 0.29) is 0 Å². The van der Waals surface area contributed by atoms with Gasteiger partial charge in [-0.3, -0.25) is 0 Å². The zero-order valence-electron chi connectivity index (χ0n) is 6.31. The van der Waals surface area contributed by atoms with Crippen LogP contribution in [0.2, 0.25) is 0 Å². The fourth-order valence-electron chi connectivity index (χ4n) is 0.721. The van der Waals surface area contributed by atoms with Crippen LogP contribution < -0.4 is 0 Å². The van der Waals surface area contributed by atoms with Crippen LogP contribution in [0.4, 0.5) is 0 Å². The summed E-state index contributed by atoms with van der Waals surface area (Å²) in [6.45, 7) is 8.93. The van der Waals surface area contributed by atoms with Crippen molar-refractivity contribution in [3.63, 3.8) is 0 Å². The van der Waals surface area contributed by atoms with E-state index in [1.807, 2.05) is 13.0 Å². The maximum Gasteiger partial charge on any atom is 0.0837 e. The third-order valence-electron chi connectivity index (χ3n) is 1.24. The van der Waals surface area contributed by atoms with Crippen molar-refractivity contribution in [1.29, 1.82) is 0 Å². The summed E-state index contributed by atoms with van der Waals surface area (Å²) in [5.74, 6) is 0. The van der Waals surface area contributed by atoms with E-state index in [4.69, 9.17) is 0 Å². The maximum atomic E-state index is 9.34. The molecule has 0 aliphatic carbocycles. The van der Waals surface area contributed by atoms with Crippen molar-refractivity contribution in [2.45, 2.75) is 26.4 Å². The first-order chi connectivity index (χ1) is 4.02. The summed E-state index contributed by atoms with van der Waals surface area (Å²) in [5, 5.41) is 9.34. The number of hydrogen-bond acceptors (Lipinski definition) is 1. The van der Waals surface area contributed by atoms with Gasteiger partial charge < -0.3 is 5.11 Å². The largest absolute Gasteiger partial charge is 0.386 e. The molecule has 0 aromatic carbocycles. The van der Waals surface area contributed by atoms with E-state index in [2.05, 4.69) is 6.58 Å². The molecule has 1 nitrogen and oxygen atoms in total. The van der Waals surface area contributed by atoms with Gasteiger partial charge >= 0.3 is 0 Å². The Labute approximate surface area is 56.7 Å². The molecule has 0 aliphatic rings. The molecule has 0 unspecified atom stereocenters. The highest BCUT2D eigenvalue weighted by Crippen LogP contribution is 2.14. The van der Waals surface area contributed by atoms with Crippen molar-refractivity contribution in [2.24, 2.45) is 0 Å². The lowest BCUT2D eigenvalue weighted by Crippen LogP contribution is -2.20. The van der Waals surface area contributed by atoms with Crippen LogP contribution in [0.15, 0.2) is 24.3 Å². The van der Waals surface area contributed by atoms with Gasteiger partial charge in [0.25, 0.3) is 0 Å². The minimum absolute atomic E-state index is 0.740. The Bertz CT molecular complexity index is 126. The molecule has 0 bridgehead atoms. The van der Waals surface area contributed by atoms with Gasteiger partial charge in [-0.25, -0.2) is 0 Å². The average Bonchev–Trinajstić information content (AvgIpc) is 1.65. The summed E-state index contributed by atoms with van der Waals surface area (Å²) in [5.41, 5.74) is 0.124. The molecule has 1 heteroatoms. The first-order valence-electron chi connectivity index (χ1n) is 3.04. The lowest BCUT2D eigenvalue weighted by atomic mass is 9.98. The molecule has 0 fully saturated rings. The van der Waals surface area contributed by atoms with Crippen molar-refractivity contribution in [3.05, 3.63) is 24.3 Å². The van der Waals surface area contributed by atoms with Gasteiger partial charge in [-0.2, -0.15) is 0 Å². The molecule has 0 rings (SSSR count). The normalized spacial score (nSPS) is 13.6. The van der Waals surface area contributed by atoms with E-state index < -0.39 is 5.60 Å². The average molecular weight is 126 g/mol. The van der Waals surface area contributed by atoms with E-state index in [9.17, 15) is 5.11 Å². The highest BCUT2D eigenvalue weighted by Gasteiger charge is 2.14. The molecule has 0 aromatic heterocycles. The quantitative estimate of drug-likeness (QED) is 0.560. The Morgan fingerprint density at radius 2 is 2.00 bits per heavy atom. The zero-order chi connectivity index (χ0) is 7.49. The number of aliphatic hydroxyl groups is 1. The van der Waals surface area contributed by atoms with E-state index in [0.29, 0.717) is 0 Å². The summed E-state index contributed by atoms with van der Waals surface area (Å²) in [4.78, 5) is 0. The highest BCUT2D eigenvalue weighted by atomic mass is 16.3. The number of hydrogen-bond donors (Lipinski definition) is 1. The van der Waals surface area contributed by atoms with E-state index in [0.717, 1.165) is 5.57 Å². The third-order valence-corrected chi connectivity index (χ3v) is 1.24. The number of allylic oxidation sites excluding steroid dienone is 1. The maximum absolute atomic E-state index is 9.34. The predicted molar refractivity (Wildman–Crippen MR) is 40.3 cm³/mol. The van der Waals surface area contributed by atoms with E-state index in [1.165, 1.54) is 0 Å². The van der Waals surface area contributed by atoms with Crippen LogP contribution >= 0.6 is 0 Å². The molecule has 0 aromatic rings. The second kappa shape index (κ2) is 2.83. The third kappa shape index (κ3) is 2.47. The SMILES string of the molecule is C=CC(=CC)C(C)(C)O. The Morgan fingerprint density at radius 3 is 2.00 bits per heavy atom. The summed E-state index contributed by atoms with van der Waals surface area (Å²) < 4.78 is 0. The van der Waals surface area contributed by atoms with E-state index >= 15 is 0 Å². The van der Waals surface area contributed by atoms with Crippen LogP contribution in [0.25, 0.3) is 0 Å². The molecule has 0 amide bonds. The molecular formula is C8H14O. The molecule has 0 aliphatic heterocycles. The standard InChI is InChI=1S/C8H14O/c1-5-7(6-2)8(3,4)9/h5-6,9H,1H2,2-4H3. The van der Waals surface area contributed by atoms with Gasteiger partial charge in [0.1, 0.15) is 0 Å². The van der Waals surface area contributed by atoms with Crippen molar-refractivity contribution in [1.82, 2.24) is 0 Å². The lowest BCUT2D eigenvalue weighted by molar-refractivity contribution is 0.123. The molecular weight excluding hydrogens is 112 g/mol. The molecule has 0 saturated carbocycles. The van der Waals surface area contributed by atoms with Crippen molar-refractivity contribution >= 4 is 0 Å². The van der Waals surface area contributed by atoms with Crippen molar-refractivity contribution in [3.8, 4) is 0 Å². The molecule has 0 atom stereocenters. The van der Waals surface area contributed by atoms with Gasteiger partial charge in [0.05, 0.1) is 5.60 Å². The second-order valence-corrected chi connectivity index (χ2v) is 2.51. The smallest absolute Gasteiger partial charge is 0.0837 e. The summed E-state index contributed by atoms with van der Waals surface area (Å²) in [7, 11) is 0. The fraction of sp³-hybridized carbons (Fsp3) is 0.500. The molecule has 0 saturated heterocycles. The molecule has 0 spiro atoms. The summed E-state index contributed by atoms with van der Waals surface area (Å²) in [6.07, 6.45) is 3.52. The molecule has 0 heterocycles. The lowest BCUT2D eigenvalue weighted by Gasteiger charge is -2.17. The molecule has 1 N–H and O–H groups in total. The van der Waals surface area contributed by atoms with E-state index in [1.54, 1.807) is 19.9 Å². The Morgan fingerprint density at radius 1 is 1.56 bits per heavy atom. The minimum Gasteiger partial charge on any atom is -0.386 e. The van der Waals surface area contributed by atoms with Gasteiger partial charge in [0, 0.05) is 0 Å². The van der Waals surface area contributed by atoms with Crippen molar-refractivity contribution in [2.75, 3.05) is 0 Å². The fourth-order valence-corrected chi connectivity index (χ4v) is 0.721. The van der Waals surface area contributed by atoms with Crippen LogP contribution in [-0.2, 0) is 0 Å². The number of rotatable bonds is 2. The van der Waals surface area contributed by atoms with Crippen LogP contribution in [0, 0.1) is 0 Å². The van der Waals surface area contributed by atoms with Crippen molar-refractivity contribution < 1.29 is 5.11 Å². The van der Waals surface area contributed by atoms with Gasteiger partial charge in [-0.15, -0.1) is 0 Å². The van der Waals surface area contributed by atoms with Crippen LogP contribution in [0.5, 0.6) is 0 Å². The predicted octanol–water partition coefficient (Wildman–Crippen LogP) is 1.89. The molecule has 52 valence electrons. The van der Waals surface area contributed by atoms with Gasteiger partial charge in [0.2, 0.25) is 0 Å². The van der Waals surface area contributed by atoms with Crippen LogP contribution in [0.3, 0.4) is 0 Å². The Hall–Kier alpha value is -0.560. The van der Waals surface area contributed by atoms with Gasteiger partial charge in [0.15, 0.2) is 0 Å². The first-order valence-corrected chi connectivity index (χ1v) is 3.04. The highest BCUT2D eigenvalue weighted by molar-refractivity contribution is 5.24. The van der Waals surface area contributed by atoms with Gasteiger partial charge in [-0.1, -0.05) is 18.7 Å². The molecule has 0 radical (unpaired) electrons. The van der Waals surface area contributed by atoms with Crippen LogP contribution in [0.1, 0.15) is 20.8 Å². The first kappa shape index (κ1) is 8.44. The molecule has 9 heavy (non-hydrogen) atoms. The topological polar surface area (TPSA) is 20.2 Å². The Kier molecular flexibility index (Phi) is 2.65. The second-order valence-electron chi connectivity index (χ2n) is 2.51. The summed E-state index contributed by atoms with van der Waals surface area (Å²) in [6, 6.07) is 0. The monoisotopic (exact) mass is 126 g/mol. The summed E-state index contributed by atoms with van der Waals surface area (Å²) >= 11 is 0. The van der Waals surface area contributed by atoms with Crippen LogP contribution in [-0.4, -0.2) is 10.7 Å². The zero-order valence-corrected chi connectivity index (χ0v) is 6.31.